The summed E-state index contributed by atoms with van der Waals surface area (Å²) in [4.78, 5) is 35.6. The molecule has 11 heteroatoms. The van der Waals surface area contributed by atoms with Gasteiger partial charge in [0.25, 0.3) is 11.6 Å². The lowest BCUT2D eigenvalue weighted by atomic mass is 10.0. The van der Waals surface area contributed by atoms with Crippen LogP contribution in [-0.4, -0.2) is 35.1 Å². The number of ether oxygens (including phenoxy) is 2. The minimum atomic E-state index is -0.994. The van der Waals surface area contributed by atoms with E-state index in [-0.39, 0.29) is 23.1 Å². The molecule has 10 nitrogen and oxygen atoms in total. The van der Waals surface area contributed by atoms with E-state index in [0.717, 1.165) is 11.6 Å². The molecule has 2 aromatic carbocycles. The number of amides is 1. The van der Waals surface area contributed by atoms with Gasteiger partial charge in [0.2, 0.25) is 0 Å². The second kappa shape index (κ2) is 10.8. The zero-order valence-corrected chi connectivity index (χ0v) is 19.4. The van der Waals surface area contributed by atoms with E-state index in [1.807, 2.05) is 12.1 Å². The number of nitro benzene ring substituents is 1. The quantitative estimate of drug-likeness (QED) is 0.266. The van der Waals surface area contributed by atoms with Crippen LogP contribution < -0.4 is 10.1 Å². The largest absolute Gasteiger partial charge is 0.497 e. The smallest absolute Gasteiger partial charge is 0.329 e. The lowest BCUT2D eigenvalue weighted by Crippen LogP contribution is -2.45. The Morgan fingerprint density at radius 3 is 2.50 bits per heavy atom. The van der Waals surface area contributed by atoms with Crippen molar-refractivity contribution in [3.05, 3.63) is 75.0 Å². The molecule has 0 saturated heterocycles. The van der Waals surface area contributed by atoms with Gasteiger partial charge in [0.05, 0.1) is 12.0 Å². The molecule has 0 unspecified atom stereocenters. The molecular formula is C23H22ClN3O7. The predicted octanol–water partition coefficient (Wildman–Crippen LogP) is 4.41. The van der Waals surface area contributed by atoms with Crippen molar-refractivity contribution in [2.24, 2.45) is 5.92 Å². The van der Waals surface area contributed by atoms with Gasteiger partial charge in [-0.25, -0.2) is 4.79 Å². The van der Waals surface area contributed by atoms with Crippen molar-refractivity contribution in [3.63, 3.8) is 0 Å². The summed E-state index contributed by atoms with van der Waals surface area (Å²) < 4.78 is 15.7. The number of hydrogen-bond donors (Lipinski definition) is 1. The molecule has 1 amide bonds. The van der Waals surface area contributed by atoms with E-state index in [9.17, 15) is 19.7 Å². The number of halogens is 1. The van der Waals surface area contributed by atoms with Gasteiger partial charge in [0, 0.05) is 23.3 Å². The number of nitrogens with zero attached hydrogens (tertiary/aromatic N) is 2. The molecule has 0 aliphatic heterocycles. The maximum atomic E-state index is 12.7. The highest BCUT2D eigenvalue weighted by atomic mass is 35.5. The number of carbonyl (C=O) groups excluding carboxylic acids is 2. The molecule has 1 atom stereocenters. The molecule has 0 radical (unpaired) electrons. The molecule has 34 heavy (non-hydrogen) atoms. The molecular weight excluding hydrogens is 466 g/mol. The van der Waals surface area contributed by atoms with Gasteiger partial charge in [-0.1, -0.05) is 30.6 Å². The van der Waals surface area contributed by atoms with Crippen molar-refractivity contribution in [1.82, 2.24) is 10.5 Å². The molecule has 0 bridgehead atoms. The van der Waals surface area contributed by atoms with Gasteiger partial charge in [-0.05, 0) is 42.3 Å². The minimum absolute atomic E-state index is 0.00563. The summed E-state index contributed by atoms with van der Waals surface area (Å²) in [6.45, 7) is 3.27. The highest BCUT2D eigenvalue weighted by molar-refractivity contribution is 6.32. The molecule has 1 aromatic heterocycles. The Kier molecular flexibility index (Phi) is 7.85. The Hall–Kier alpha value is -3.92. The van der Waals surface area contributed by atoms with Crippen LogP contribution in [0.4, 0.5) is 5.69 Å². The van der Waals surface area contributed by atoms with Crippen LogP contribution in [0, 0.1) is 16.0 Å². The number of rotatable bonds is 9. The standard InChI is InChI=1S/C23H22ClN3O7/c1-13(2)21(25-22(28)15-6-9-18(24)20(10-15)27(30)31)23(29)33-12-17-11-19(26-34-17)14-4-7-16(32-3)8-5-14/h4-11,13,21H,12H2,1-3H3,(H,25,28)/t21-/m0/s1. The summed E-state index contributed by atoms with van der Waals surface area (Å²) >= 11 is 5.79. The number of esters is 1. The SMILES string of the molecule is COc1ccc(-c2cc(COC(=O)[C@@H](NC(=O)c3ccc(Cl)c([N+](=O)[O-])c3)C(C)C)on2)cc1. The molecule has 0 aliphatic carbocycles. The summed E-state index contributed by atoms with van der Waals surface area (Å²) in [7, 11) is 1.57. The number of benzene rings is 2. The topological polar surface area (TPSA) is 134 Å². The molecule has 0 aliphatic rings. The van der Waals surface area contributed by atoms with E-state index in [0.29, 0.717) is 17.2 Å². The molecule has 3 rings (SSSR count). The summed E-state index contributed by atoms with van der Waals surface area (Å²) in [5.41, 5.74) is 0.947. The lowest BCUT2D eigenvalue weighted by molar-refractivity contribution is -0.384. The average molecular weight is 488 g/mol. The van der Waals surface area contributed by atoms with E-state index in [1.165, 1.54) is 12.1 Å². The number of hydrogen-bond acceptors (Lipinski definition) is 8. The number of methoxy groups -OCH3 is 1. The fourth-order valence-electron chi connectivity index (χ4n) is 3.03. The zero-order chi connectivity index (χ0) is 24.8. The van der Waals surface area contributed by atoms with Crippen molar-refractivity contribution in [2.75, 3.05) is 7.11 Å². The molecule has 0 saturated carbocycles. The minimum Gasteiger partial charge on any atom is -0.497 e. The number of nitrogens with one attached hydrogen (secondary N) is 1. The van der Waals surface area contributed by atoms with E-state index >= 15 is 0 Å². The van der Waals surface area contributed by atoms with Crippen LogP contribution in [0.1, 0.15) is 30.0 Å². The summed E-state index contributed by atoms with van der Waals surface area (Å²) in [5.74, 6) is -0.646. The summed E-state index contributed by atoms with van der Waals surface area (Å²) in [5, 5.41) is 17.5. The first-order chi connectivity index (χ1) is 16.2. The number of carbonyl (C=O) groups is 2. The zero-order valence-electron chi connectivity index (χ0n) is 18.6. The van der Waals surface area contributed by atoms with E-state index in [2.05, 4.69) is 10.5 Å². The van der Waals surface area contributed by atoms with Crippen molar-refractivity contribution >= 4 is 29.2 Å². The van der Waals surface area contributed by atoms with Crippen LogP contribution in [0.15, 0.2) is 53.1 Å². The van der Waals surface area contributed by atoms with Gasteiger partial charge in [-0.3, -0.25) is 14.9 Å². The van der Waals surface area contributed by atoms with Crippen LogP contribution in [0.25, 0.3) is 11.3 Å². The van der Waals surface area contributed by atoms with Crippen LogP contribution >= 0.6 is 11.6 Å². The number of nitro groups is 1. The van der Waals surface area contributed by atoms with Crippen molar-refractivity contribution < 1.29 is 28.5 Å². The first kappa shape index (κ1) is 24.7. The molecule has 1 heterocycles. The average Bonchev–Trinajstić information content (AvgIpc) is 3.30. The molecule has 0 fully saturated rings. The van der Waals surface area contributed by atoms with Gasteiger partial charge in [-0.2, -0.15) is 0 Å². The van der Waals surface area contributed by atoms with E-state index in [1.54, 1.807) is 39.2 Å². The van der Waals surface area contributed by atoms with E-state index < -0.39 is 28.5 Å². The Bertz CT molecular complexity index is 1190. The van der Waals surface area contributed by atoms with Crippen LogP contribution in [-0.2, 0) is 16.1 Å². The van der Waals surface area contributed by atoms with Gasteiger partial charge >= 0.3 is 5.97 Å². The Morgan fingerprint density at radius 1 is 1.18 bits per heavy atom. The second-order valence-corrected chi connectivity index (χ2v) is 8.04. The summed E-state index contributed by atoms with van der Waals surface area (Å²) in [6.07, 6.45) is 0. The van der Waals surface area contributed by atoms with Gasteiger partial charge in [0.1, 0.15) is 22.5 Å². The number of aromatic nitrogens is 1. The first-order valence-corrected chi connectivity index (χ1v) is 10.6. The second-order valence-electron chi connectivity index (χ2n) is 7.63. The van der Waals surface area contributed by atoms with Gasteiger partial charge in [-0.15, -0.1) is 0 Å². The summed E-state index contributed by atoms with van der Waals surface area (Å²) in [6, 6.07) is 11.5. The highest BCUT2D eigenvalue weighted by Gasteiger charge is 2.27. The van der Waals surface area contributed by atoms with Gasteiger partial charge in [0.15, 0.2) is 12.4 Å². The van der Waals surface area contributed by atoms with Crippen LogP contribution in [0.2, 0.25) is 5.02 Å². The first-order valence-electron chi connectivity index (χ1n) is 10.2. The maximum absolute atomic E-state index is 12.7. The lowest BCUT2D eigenvalue weighted by Gasteiger charge is -2.20. The third-order valence-corrected chi connectivity index (χ3v) is 5.23. The molecule has 0 spiro atoms. The van der Waals surface area contributed by atoms with Crippen LogP contribution in [0.5, 0.6) is 5.75 Å². The maximum Gasteiger partial charge on any atom is 0.329 e. The molecule has 1 N–H and O–H groups in total. The van der Waals surface area contributed by atoms with Crippen molar-refractivity contribution in [1.29, 1.82) is 0 Å². The Labute approximate surface area is 199 Å². The molecule has 178 valence electrons. The van der Waals surface area contributed by atoms with Gasteiger partial charge < -0.3 is 19.3 Å². The fourth-order valence-corrected chi connectivity index (χ4v) is 3.21. The van der Waals surface area contributed by atoms with Crippen molar-refractivity contribution in [3.8, 4) is 17.0 Å². The monoisotopic (exact) mass is 487 g/mol. The third-order valence-electron chi connectivity index (χ3n) is 4.91. The third kappa shape index (κ3) is 5.90. The molecule has 3 aromatic rings. The van der Waals surface area contributed by atoms with E-state index in [4.69, 9.17) is 25.6 Å². The van der Waals surface area contributed by atoms with Crippen molar-refractivity contribution in [2.45, 2.75) is 26.5 Å². The Morgan fingerprint density at radius 2 is 1.88 bits per heavy atom. The predicted molar refractivity (Wildman–Crippen MR) is 122 cm³/mol. The Balaban J connectivity index is 1.64. The normalized spacial score (nSPS) is 11.7. The van der Waals surface area contributed by atoms with Crippen LogP contribution in [0.3, 0.4) is 0 Å². The fraction of sp³-hybridized carbons (Fsp3) is 0.261. The highest BCUT2D eigenvalue weighted by Crippen LogP contribution is 2.25.